The molecule has 2 aromatic heterocycles. The lowest BCUT2D eigenvalue weighted by Crippen LogP contribution is -2.14. The molecule has 0 bridgehead atoms. The topological polar surface area (TPSA) is 123 Å². The highest BCUT2D eigenvalue weighted by Crippen LogP contribution is 2.26. The number of nitro benzene ring substituents is 1. The molecule has 0 unspecified atom stereocenters. The number of terminal acetylenes is 1. The molecule has 118 valence electrons. The Balaban J connectivity index is 2.31. The van der Waals surface area contributed by atoms with Crippen LogP contribution in [0.15, 0.2) is 46.2 Å². The largest absolute Gasteiger partial charge is 0.318 e. The van der Waals surface area contributed by atoms with Gasteiger partial charge in [-0.05, 0) is 6.07 Å². The molecule has 0 aliphatic rings. The highest BCUT2D eigenvalue weighted by atomic mass is 16.6. The number of nitro groups is 1. The molecule has 0 fully saturated rings. The quantitative estimate of drug-likeness (QED) is 0.320. The fraction of sp³-hybridized carbons (Fsp3) is 0. The van der Waals surface area contributed by atoms with E-state index in [2.05, 4.69) is 21.3 Å². The van der Waals surface area contributed by atoms with Crippen molar-refractivity contribution >= 4 is 22.5 Å². The number of aromatic amines is 1. The van der Waals surface area contributed by atoms with Gasteiger partial charge in [-0.2, -0.15) is 0 Å². The summed E-state index contributed by atoms with van der Waals surface area (Å²) in [6.07, 6.45) is 7.87. The number of H-pyrrole nitrogens is 1. The third kappa shape index (κ3) is 2.59. The van der Waals surface area contributed by atoms with Crippen LogP contribution in [-0.2, 0) is 0 Å². The predicted octanol–water partition coefficient (Wildman–Crippen LogP) is 0.985. The number of nitrogens with one attached hydrogen (secondary N) is 2. The summed E-state index contributed by atoms with van der Waals surface area (Å²) in [7, 11) is 0. The monoisotopic (exact) mass is 323 g/mol. The first kappa shape index (κ1) is 15.0. The lowest BCUT2D eigenvalue weighted by Gasteiger charge is -2.08. The molecule has 3 aromatic rings. The molecule has 24 heavy (non-hydrogen) atoms. The van der Waals surface area contributed by atoms with E-state index in [-0.39, 0.29) is 28.1 Å². The molecule has 0 atom stereocenters. The van der Waals surface area contributed by atoms with Crippen LogP contribution >= 0.6 is 0 Å². The van der Waals surface area contributed by atoms with E-state index in [1.165, 1.54) is 41.2 Å². The molecular weight excluding hydrogens is 314 g/mol. The number of aromatic nitrogens is 3. The van der Waals surface area contributed by atoms with Gasteiger partial charge in [0.2, 0.25) is 5.82 Å². The highest BCUT2D eigenvalue weighted by Gasteiger charge is 2.18. The Labute approximate surface area is 133 Å². The second-order valence-electron chi connectivity index (χ2n) is 4.74. The zero-order valence-corrected chi connectivity index (χ0v) is 12.0. The fourth-order valence-electron chi connectivity index (χ4n) is 2.19. The second-order valence-corrected chi connectivity index (χ2v) is 4.74. The maximum absolute atomic E-state index is 11.9. The Bertz CT molecular complexity index is 1100. The summed E-state index contributed by atoms with van der Waals surface area (Å²) in [5.41, 5.74) is -0.347. The Morgan fingerprint density at radius 3 is 2.62 bits per heavy atom. The van der Waals surface area contributed by atoms with Crippen LogP contribution in [-0.4, -0.2) is 19.5 Å². The van der Waals surface area contributed by atoms with Crippen LogP contribution in [0.3, 0.4) is 0 Å². The van der Waals surface area contributed by atoms with E-state index >= 15 is 0 Å². The Morgan fingerprint density at radius 2 is 2.00 bits per heavy atom. The summed E-state index contributed by atoms with van der Waals surface area (Å²) in [6, 6.07) is 7.25. The first-order valence-electron chi connectivity index (χ1n) is 6.62. The summed E-state index contributed by atoms with van der Waals surface area (Å²) in [4.78, 5) is 40.4. The maximum Gasteiger partial charge on any atom is 0.295 e. The van der Waals surface area contributed by atoms with Gasteiger partial charge in [0, 0.05) is 36.6 Å². The lowest BCUT2D eigenvalue weighted by atomic mass is 10.2. The minimum atomic E-state index is -0.575. The number of benzene rings is 1. The van der Waals surface area contributed by atoms with Gasteiger partial charge in [-0.15, -0.1) is 0 Å². The molecule has 9 heteroatoms. The Hall–Kier alpha value is -3.93. The van der Waals surface area contributed by atoms with Gasteiger partial charge in [0.1, 0.15) is 5.69 Å². The van der Waals surface area contributed by atoms with E-state index < -0.39 is 10.5 Å². The molecule has 0 amide bonds. The molecule has 9 nitrogen and oxygen atoms in total. The van der Waals surface area contributed by atoms with Crippen LogP contribution in [0.2, 0.25) is 0 Å². The van der Waals surface area contributed by atoms with Crippen molar-refractivity contribution in [3.05, 3.63) is 67.4 Å². The summed E-state index contributed by atoms with van der Waals surface area (Å²) in [6.45, 7) is 0. The van der Waals surface area contributed by atoms with Gasteiger partial charge in [0.05, 0.1) is 16.0 Å². The molecule has 0 radical (unpaired) electrons. The number of pyridine rings is 1. The van der Waals surface area contributed by atoms with E-state index in [9.17, 15) is 19.7 Å². The SMILES string of the molecule is C#CNc1nc2cc([N+](=O)[O-])c(-n3ccc(=O)cc3)cc2[nH]c1=O. The van der Waals surface area contributed by atoms with Crippen molar-refractivity contribution in [3.8, 4) is 18.2 Å². The Morgan fingerprint density at radius 1 is 1.29 bits per heavy atom. The molecule has 0 spiro atoms. The first-order chi connectivity index (χ1) is 11.5. The summed E-state index contributed by atoms with van der Waals surface area (Å²) < 4.78 is 1.41. The average Bonchev–Trinajstić information content (AvgIpc) is 2.55. The van der Waals surface area contributed by atoms with E-state index in [1.807, 2.05) is 0 Å². The van der Waals surface area contributed by atoms with Crippen LogP contribution in [0.25, 0.3) is 16.7 Å². The average molecular weight is 323 g/mol. The van der Waals surface area contributed by atoms with E-state index in [4.69, 9.17) is 6.42 Å². The highest BCUT2D eigenvalue weighted by molar-refractivity contribution is 5.82. The van der Waals surface area contributed by atoms with Crippen molar-refractivity contribution in [2.75, 3.05) is 5.32 Å². The number of hydrogen-bond acceptors (Lipinski definition) is 6. The van der Waals surface area contributed by atoms with Crippen LogP contribution < -0.4 is 16.3 Å². The van der Waals surface area contributed by atoms with E-state index in [0.717, 1.165) is 0 Å². The third-order valence-corrected chi connectivity index (χ3v) is 3.25. The van der Waals surface area contributed by atoms with Crippen molar-refractivity contribution in [2.45, 2.75) is 0 Å². The van der Waals surface area contributed by atoms with Gasteiger partial charge in [-0.1, -0.05) is 6.42 Å². The number of hydrogen-bond donors (Lipinski definition) is 2. The molecular formula is C15H9N5O4. The third-order valence-electron chi connectivity index (χ3n) is 3.25. The minimum absolute atomic E-state index is 0.129. The number of anilines is 1. The van der Waals surface area contributed by atoms with E-state index in [1.54, 1.807) is 0 Å². The van der Waals surface area contributed by atoms with E-state index in [0.29, 0.717) is 5.52 Å². The minimum Gasteiger partial charge on any atom is -0.318 e. The van der Waals surface area contributed by atoms with Gasteiger partial charge in [0.15, 0.2) is 5.43 Å². The standard InChI is InChI=1S/C15H9N5O4/c1-2-16-14-15(22)18-11-7-12(19-5-3-9(21)4-6-19)13(20(23)24)8-10(11)17-14/h1,3-8H,(H,16,17)(H,18,22). The van der Waals surface area contributed by atoms with Gasteiger partial charge >= 0.3 is 0 Å². The molecule has 0 aliphatic heterocycles. The van der Waals surface area contributed by atoms with Gasteiger partial charge in [-0.25, -0.2) is 4.98 Å². The smallest absolute Gasteiger partial charge is 0.295 e. The Kier molecular flexibility index (Phi) is 3.55. The van der Waals surface area contributed by atoms with Gasteiger partial charge in [0.25, 0.3) is 11.2 Å². The molecule has 0 aliphatic carbocycles. The first-order valence-corrected chi connectivity index (χ1v) is 6.62. The summed E-state index contributed by atoms with van der Waals surface area (Å²) >= 11 is 0. The molecule has 1 aromatic carbocycles. The van der Waals surface area contributed by atoms with Crippen molar-refractivity contribution in [1.29, 1.82) is 0 Å². The van der Waals surface area contributed by atoms with Crippen molar-refractivity contribution in [3.63, 3.8) is 0 Å². The second kappa shape index (κ2) is 5.69. The molecule has 2 N–H and O–H groups in total. The maximum atomic E-state index is 11.9. The number of nitrogens with zero attached hydrogens (tertiary/aromatic N) is 3. The van der Waals surface area contributed by atoms with Gasteiger partial charge in [-0.3, -0.25) is 25.0 Å². The van der Waals surface area contributed by atoms with Crippen LogP contribution in [0.5, 0.6) is 0 Å². The molecule has 2 heterocycles. The lowest BCUT2D eigenvalue weighted by molar-refractivity contribution is -0.384. The van der Waals surface area contributed by atoms with Crippen molar-refractivity contribution in [1.82, 2.24) is 14.5 Å². The number of fused-ring (bicyclic) bond motifs is 1. The molecule has 3 rings (SSSR count). The van der Waals surface area contributed by atoms with Gasteiger partial charge < -0.3 is 9.55 Å². The van der Waals surface area contributed by atoms with Crippen LogP contribution in [0.4, 0.5) is 11.5 Å². The molecule has 0 saturated heterocycles. The summed E-state index contributed by atoms with van der Waals surface area (Å²) in [5.74, 6) is -0.129. The zero-order chi connectivity index (χ0) is 17.3. The summed E-state index contributed by atoms with van der Waals surface area (Å²) in [5, 5.41) is 13.7. The fourth-order valence-corrected chi connectivity index (χ4v) is 2.19. The normalized spacial score (nSPS) is 10.3. The number of rotatable bonds is 3. The van der Waals surface area contributed by atoms with Crippen molar-refractivity contribution < 1.29 is 4.92 Å². The van der Waals surface area contributed by atoms with Crippen molar-refractivity contribution in [2.24, 2.45) is 0 Å². The van der Waals surface area contributed by atoms with Crippen LogP contribution in [0, 0.1) is 22.6 Å². The van der Waals surface area contributed by atoms with Crippen LogP contribution in [0.1, 0.15) is 0 Å². The zero-order valence-electron chi connectivity index (χ0n) is 12.0. The molecule has 0 saturated carbocycles. The predicted molar refractivity (Wildman–Crippen MR) is 87.1 cm³/mol.